The van der Waals surface area contributed by atoms with Crippen LogP contribution in [0.25, 0.3) is 0 Å². The van der Waals surface area contributed by atoms with Crippen LogP contribution < -0.4 is 10.5 Å². The smallest absolute Gasteiger partial charge is 0.367 e. The average molecular weight is 231 g/mol. The molecule has 0 saturated heterocycles. The highest BCUT2D eigenvalue weighted by Crippen LogP contribution is 2.46. The minimum Gasteiger partial charge on any atom is -0.479 e. The highest BCUT2D eigenvalue weighted by molar-refractivity contribution is 7.53. The highest BCUT2D eigenvalue weighted by atomic mass is 31.2. The summed E-state index contributed by atoms with van der Waals surface area (Å²) in [6.07, 6.45) is -0.159. The Bertz CT molecular complexity index is 361. The van der Waals surface area contributed by atoms with E-state index in [0.29, 0.717) is 11.4 Å². The number of hydrogen-bond acceptors (Lipinski definition) is 5. The molecule has 0 heterocycles. The van der Waals surface area contributed by atoms with Crippen LogP contribution in [0.1, 0.15) is 0 Å². The fourth-order valence-corrected chi connectivity index (χ4v) is 1.60. The Hall–Kier alpha value is -1.03. The van der Waals surface area contributed by atoms with Crippen molar-refractivity contribution in [1.82, 2.24) is 0 Å². The SMILES string of the molecule is COP(=O)(COc1ccccc1N)OC. The van der Waals surface area contributed by atoms with Gasteiger partial charge in [0.05, 0.1) is 5.69 Å². The van der Waals surface area contributed by atoms with Crippen LogP contribution in [0.2, 0.25) is 0 Å². The van der Waals surface area contributed by atoms with E-state index in [2.05, 4.69) is 0 Å². The van der Waals surface area contributed by atoms with Crippen molar-refractivity contribution >= 4 is 13.3 Å². The van der Waals surface area contributed by atoms with Crippen molar-refractivity contribution in [2.45, 2.75) is 0 Å². The fraction of sp³-hybridized carbons (Fsp3) is 0.333. The van der Waals surface area contributed by atoms with Crippen molar-refractivity contribution in [1.29, 1.82) is 0 Å². The predicted molar refractivity (Wildman–Crippen MR) is 58.0 cm³/mol. The van der Waals surface area contributed by atoms with Crippen molar-refractivity contribution in [3.05, 3.63) is 24.3 Å². The van der Waals surface area contributed by atoms with Crippen molar-refractivity contribution in [3.8, 4) is 5.75 Å². The molecule has 0 atom stereocenters. The molecule has 1 rings (SSSR count). The van der Waals surface area contributed by atoms with Crippen LogP contribution >= 0.6 is 7.60 Å². The second-order valence-electron chi connectivity index (χ2n) is 2.79. The molecule has 0 aliphatic carbocycles. The summed E-state index contributed by atoms with van der Waals surface area (Å²) < 4.78 is 26.3. The quantitative estimate of drug-likeness (QED) is 0.620. The van der Waals surface area contributed by atoms with Gasteiger partial charge in [0.1, 0.15) is 5.75 Å². The summed E-state index contributed by atoms with van der Waals surface area (Å²) in [5.74, 6) is 0.465. The number of nitrogen functional groups attached to an aromatic ring is 1. The molecular weight excluding hydrogens is 217 g/mol. The van der Waals surface area contributed by atoms with E-state index in [1.54, 1.807) is 24.3 Å². The van der Waals surface area contributed by atoms with Gasteiger partial charge in [0, 0.05) is 14.2 Å². The van der Waals surface area contributed by atoms with Gasteiger partial charge in [-0.15, -0.1) is 0 Å². The molecule has 84 valence electrons. The summed E-state index contributed by atoms with van der Waals surface area (Å²) >= 11 is 0. The molecule has 1 aromatic carbocycles. The first kappa shape index (κ1) is 12.0. The predicted octanol–water partition coefficient (Wildman–Crippen LogP) is 2.09. The fourth-order valence-electron chi connectivity index (χ4n) is 0.941. The van der Waals surface area contributed by atoms with Crippen LogP contribution in [-0.2, 0) is 13.6 Å². The van der Waals surface area contributed by atoms with E-state index in [1.807, 2.05) is 0 Å². The van der Waals surface area contributed by atoms with E-state index in [-0.39, 0.29) is 6.35 Å². The van der Waals surface area contributed by atoms with E-state index in [1.165, 1.54) is 14.2 Å². The zero-order valence-corrected chi connectivity index (χ0v) is 9.57. The van der Waals surface area contributed by atoms with Crippen LogP contribution in [0.3, 0.4) is 0 Å². The van der Waals surface area contributed by atoms with Crippen LogP contribution in [0.15, 0.2) is 24.3 Å². The third kappa shape index (κ3) is 3.23. The average Bonchev–Trinajstić information content (AvgIpc) is 2.28. The van der Waals surface area contributed by atoms with Gasteiger partial charge in [-0.2, -0.15) is 0 Å². The Morgan fingerprint density at radius 1 is 1.27 bits per heavy atom. The molecule has 0 aliphatic rings. The van der Waals surface area contributed by atoms with E-state index in [4.69, 9.17) is 19.5 Å². The van der Waals surface area contributed by atoms with Crippen molar-refractivity contribution in [2.75, 3.05) is 26.3 Å². The van der Waals surface area contributed by atoms with Crippen LogP contribution in [0.4, 0.5) is 5.69 Å². The van der Waals surface area contributed by atoms with Gasteiger partial charge in [-0.25, -0.2) is 0 Å². The van der Waals surface area contributed by atoms with Gasteiger partial charge < -0.3 is 19.5 Å². The maximum Gasteiger partial charge on any atom is 0.367 e. The van der Waals surface area contributed by atoms with E-state index in [0.717, 1.165) is 0 Å². The number of ether oxygens (including phenoxy) is 1. The Morgan fingerprint density at radius 2 is 1.87 bits per heavy atom. The lowest BCUT2D eigenvalue weighted by atomic mass is 10.3. The first-order valence-corrected chi connectivity index (χ1v) is 6.02. The number of rotatable bonds is 5. The van der Waals surface area contributed by atoms with Gasteiger partial charge in [0.15, 0.2) is 6.35 Å². The molecule has 0 unspecified atom stereocenters. The molecule has 15 heavy (non-hydrogen) atoms. The second kappa shape index (κ2) is 5.16. The number of nitrogens with two attached hydrogens (primary N) is 1. The maximum atomic E-state index is 11.6. The number of benzene rings is 1. The molecule has 0 bridgehead atoms. The molecule has 0 radical (unpaired) electrons. The summed E-state index contributed by atoms with van der Waals surface area (Å²) in [6.45, 7) is 0. The molecule has 0 fully saturated rings. The largest absolute Gasteiger partial charge is 0.479 e. The molecule has 0 saturated carbocycles. The first-order valence-electron chi connectivity index (χ1n) is 4.29. The minimum absolute atomic E-state index is 0.159. The minimum atomic E-state index is -3.14. The molecular formula is C9H14NO4P. The van der Waals surface area contributed by atoms with Gasteiger partial charge in [-0.3, -0.25) is 4.57 Å². The van der Waals surface area contributed by atoms with Crippen molar-refractivity contribution in [3.63, 3.8) is 0 Å². The molecule has 6 heteroatoms. The van der Waals surface area contributed by atoms with Gasteiger partial charge in [-0.1, -0.05) is 12.1 Å². The van der Waals surface area contributed by atoms with Crippen molar-refractivity contribution in [2.24, 2.45) is 0 Å². The van der Waals surface area contributed by atoms with E-state index < -0.39 is 7.60 Å². The molecule has 0 aliphatic heterocycles. The summed E-state index contributed by atoms with van der Waals surface area (Å²) in [6, 6.07) is 6.94. The lowest BCUT2D eigenvalue weighted by molar-refractivity contribution is 0.241. The van der Waals surface area contributed by atoms with Gasteiger partial charge in [-0.05, 0) is 12.1 Å². The second-order valence-corrected chi connectivity index (χ2v) is 5.00. The van der Waals surface area contributed by atoms with E-state index in [9.17, 15) is 4.57 Å². The van der Waals surface area contributed by atoms with Crippen LogP contribution in [0, 0.1) is 0 Å². The normalized spacial score (nSPS) is 11.3. The molecule has 0 spiro atoms. The van der Waals surface area contributed by atoms with Crippen molar-refractivity contribution < 1.29 is 18.3 Å². The van der Waals surface area contributed by atoms with E-state index >= 15 is 0 Å². The zero-order chi connectivity index (χ0) is 11.3. The number of para-hydroxylation sites is 2. The summed E-state index contributed by atoms with van der Waals surface area (Å²) in [4.78, 5) is 0. The molecule has 0 amide bonds. The zero-order valence-electron chi connectivity index (χ0n) is 8.67. The monoisotopic (exact) mass is 231 g/mol. The first-order chi connectivity index (χ1) is 7.11. The highest BCUT2D eigenvalue weighted by Gasteiger charge is 2.22. The molecule has 2 N–H and O–H groups in total. The van der Waals surface area contributed by atoms with Gasteiger partial charge in [0.2, 0.25) is 0 Å². The third-order valence-corrected chi connectivity index (χ3v) is 3.41. The van der Waals surface area contributed by atoms with Crippen LogP contribution in [-0.4, -0.2) is 20.6 Å². The molecule has 5 nitrogen and oxygen atoms in total. The Morgan fingerprint density at radius 3 is 2.40 bits per heavy atom. The Kier molecular flexibility index (Phi) is 4.15. The lowest BCUT2D eigenvalue weighted by Crippen LogP contribution is -2.03. The molecule has 1 aromatic rings. The summed E-state index contributed by atoms with van der Waals surface area (Å²) in [7, 11) is -0.529. The summed E-state index contributed by atoms with van der Waals surface area (Å²) in [5, 5.41) is 0. The number of hydrogen-bond donors (Lipinski definition) is 1. The summed E-state index contributed by atoms with van der Waals surface area (Å²) in [5.41, 5.74) is 6.12. The number of anilines is 1. The Labute approximate surface area is 88.7 Å². The Balaban J connectivity index is 2.65. The van der Waals surface area contributed by atoms with Crippen LogP contribution in [0.5, 0.6) is 5.75 Å². The maximum absolute atomic E-state index is 11.6. The topological polar surface area (TPSA) is 70.8 Å². The van der Waals surface area contributed by atoms with Gasteiger partial charge in [0.25, 0.3) is 0 Å². The molecule has 0 aromatic heterocycles. The van der Waals surface area contributed by atoms with Gasteiger partial charge >= 0.3 is 7.60 Å². The third-order valence-electron chi connectivity index (χ3n) is 1.85. The standard InChI is InChI=1S/C9H14NO4P/c1-12-15(11,13-2)7-14-9-6-4-3-5-8(9)10/h3-6H,7,10H2,1-2H3. The lowest BCUT2D eigenvalue weighted by Gasteiger charge is -2.15.